The number of hydrogen-bond acceptors (Lipinski definition) is 3. The van der Waals surface area contributed by atoms with Crippen LogP contribution < -0.4 is 11.1 Å². The van der Waals surface area contributed by atoms with Crippen molar-refractivity contribution < 1.29 is 4.79 Å². The van der Waals surface area contributed by atoms with Crippen molar-refractivity contribution in [1.82, 2.24) is 10.2 Å². The van der Waals surface area contributed by atoms with Crippen LogP contribution in [-0.4, -0.2) is 43.0 Å². The quantitative estimate of drug-likeness (QED) is 0.644. The van der Waals surface area contributed by atoms with Gasteiger partial charge in [0, 0.05) is 25.2 Å². The van der Waals surface area contributed by atoms with E-state index < -0.39 is 0 Å². The average molecular weight is 199 g/mol. The highest BCUT2D eigenvalue weighted by Gasteiger charge is 2.39. The van der Waals surface area contributed by atoms with Gasteiger partial charge in [0.15, 0.2) is 0 Å². The molecule has 0 aliphatic heterocycles. The van der Waals surface area contributed by atoms with Crippen LogP contribution in [0.25, 0.3) is 0 Å². The average Bonchev–Trinajstić information content (AvgIpc) is 2.82. The molecule has 0 aromatic rings. The predicted octanol–water partition coefficient (Wildman–Crippen LogP) is -0.210. The molecule has 14 heavy (non-hydrogen) atoms. The summed E-state index contributed by atoms with van der Waals surface area (Å²) in [5, 5.41) is 2.90. The van der Waals surface area contributed by atoms with Crippen molar-refractivity contribution in [3.05, 3.63) is 0 Å². The molecule has 1 saturated carbocycles. The van der Waals surface area contributed by atoms with Gasteiger partial charge in [-0.2, -0.15) is 0 Å². The summed E-state index contributed by atoms with van der Waals surface area (Å²) in [5.74, 6) is 0.203. The molecule has 2 unspecified atom stereocenters. The van der Waals surface area contributed by atoms with Crippen LogP contribution in [0.3, 0.4) is 0 Å². The lowest BCUT2D eigenvalue weighted by atomic mass is 10.3. The minimum absolute atomic E-state index is 0.0827. The van der Waals surface area contributed by atoms with Crippen LogP contribution in [0.2, 0.25) is 0 Å². The lowest BCUT2D eigenvalue weighted by Gasteiger charge is -2.20. The highest BCUT2D eigenvalue weighted by atomic mass is 16.2. The highest BCUT2D eigenvalue weighted by Crippen LogP contribution is 2.27. The van der Waals surface area contributed by atoms with Crippen LogP contribution in [0.15, 0.2) is 0 Å². The highest BCUT2D eigenvalue weighted by molar-refractivity contribution is 5.82. The van der Waals surface area contributed by atoms with Crippen molar-refractivity contribution in [3.8, 4) is 0 Å². The Morgan fingerprint density at radius 3 is 2.64 bits per heavy atom. The lowest BCUT2D eigenvalue weighted by Crippen LogP contribution is -2.37. The number of nitrogens with zero attached hydrogens (tertiary/aromatic N) is 1. The van der Waals surface area contributed by atoms with Gasteiger partial charge in [0.1, 0.15) is 0 Å². The van der Waals surface area contributed by atoms with E-state index >= 15 is 0 Å². The first-order valence-corrected chi connectivity index (χ1v) is 5.26. The lowest BCUT2D eigenvalue weighted by molar-refractivity contribution is -0.122. The van der Waals surface area contributed by atoms with Crippen LogP contribution in [-0.2, 0) is 4.79 Å². The maximum Gasteiger partial charge on any atom is 0.224 e. The number of nitrogens with two attached hydrogens (primary N) is 1. The predicted molar refractivity (Wildman–Crippen MR) is 56.9 cm³/mol. The molecule has 1 rings (SSSR count). The Morgan fingerprint density at radius 1 is 1.64 bits per heavy atom. The van der Waals surface area contributed by atoms with E-state index in [0.29, 0.717) is 6.04 Å². The molecule has 0 saturated heterocycles. The maximum absolute atomic E-state index is 11.4. The summed E-state index contributed by atoms with van der Waals surface area (Å²) in [5.41, 5.74) is 5.58. The third-order valence-corrected chi connectivity index (χ3v) is 2.82. The third kappa shape index (κ3) is 3.27. The van der Waals surface area contributed by atoms with Crippen LogP contribution in [0.1, 0.15) is 20.3 Å². The summed E-state index contributed by atoms with van der Waals surface area (Å²) >= 11 is 0. The van der Waals surface area contributed by atoms with E-state index in [1.54, 1.807) is 0 Å². The topological polar surface area (TPSA) is 58.4 Å². The molecule has 0 heterocycles. The van der Waals surface area contributed by atoms with Crippen molar-refractivity contribution in [2.45, 2.75) is 32.4 Å². The summed E-state index contributed by atoms with van der Waals surface area (Å²) in [4.78, 5) is 13.6. The first kappa shape index (κ1) is 11.5. The summed E-state index contributed by atoms with van der Waals surface area (Å²) in [7, 11) is 2.06. The van der Waals surface area contributed by atoms with Crippen LogP contribution in [0.4, 0.5) is 0 Å². The first-order chi connectivity index (χ1) is 6.52. The molecule has 3 N–H and O–H groups in total. The Bertz CT molecular complexity index is 206. The number of hydrogen-bond donors (Lipinski definition) is 2. The summed E-state index contributed by atoms with van der Waals surface area (Å²) in [6.07, 6.45) is 0.853. The van der Waals surface area contributed by atoms with Gasteiger partial charge >= 0.3 is 0 Å². The van der Waals surface area contributed by atoms with Gasteiger partial charge in [0.2, 0.25) is 5.91 Å². The van der Waals surface area contributed by atoms with Crippen LogP contribution in [0.5, 0.6) is 0 Å². The van der Waals surface area contributed by atoms with Gasteiger partial charge in [-0.15, -0.1) is 0 Å². The van der Waals surface area contributed by atoms with Crippen molar-refractivity contribution in [1.29, 1.82) is 0 Å². The standard InChI is InChI=1S/C10H21N3O/c1-7(2)13(3)5-4-12-10(14)8-6-9(8)11/h7-9H,4-6,11H2,1-3H3,(H,12,14). The molecule has 4 heteroatoms. The molecule has 82 valence electrons. The Labute approximate surface area is 85.8 Å². The van der Waals surface area contributed by atoms with E-state index in [2.05, 4.69) is 31.1 Å². The van der Waals surface area contributed by atoms with Crippen molar-refractivity contribution in [3.63, 3.8) is 0 Å². The molecule has 0 aromatic heterocycles. The summed E-state index contributed by atoms with van der Waals surface area (Å²) < 4.78 is 0. The molecule has 2 atom stereocenters. The van der Waals surface area contributed by atoms with E-state index in [4.69, 9.17) is 5.73 Å². The zero-order valence-corrected chi connectivity index (χ0v) is 9.29. The zero-order chi connectivity index (χ0) is 10.7. The second-order valence-electron chi connectivity index (χ2n) is 4.37. The van der Waals surface area contributed by atoms with Gasteiger partial charge in [-0.3, -0.25) is 4.79 Å². The molecule has 1 aliphatic rings. The third-order valence-electron chi connectivity index (χ3n) is 2.82. The van der Waals surface area contributed by atoms with Gasteiger partial charge in [-0.25, -0.2) is 0 Å². The number of rotatable bonds is 5. The molecule has 1 aliphatic carbocycles. The van der Waals surface area contributed by atoms with E-state index in [1.165, 1.54) is 0 Å². The second kappa shape index (κ2) is 4.75. The fraction of sp³-hybridized carbons (Fsp3) is 0.900. The summed E-state index contributed by atoms with van der Waals surface area (Å²) in [6.45, 7) is 5.89. The first-order valence-electron chi connectivity index (χ1n) is 5.26. The van der Waals surface area contributed by atoms with Gasteiger partial charge < -0.3 is 16.0 Å². The number of nitrogens with one attached hydrogen (secondary N) is 1. The van der Waals surface area contributed by atoms with E-state index in [-0.39, 0.29) is 17.9 Å². The SMILES string of the molecule is CC(C)N(C)CCNC(=O)C1CC1N. The van der Waals surface area contributed by atoms with Crippen LogP contribution in [0, 0.1) is 5.92 Å². The zero-order valence-electron chi connectivity index (χ0n) is 9.29. The summed E-state index contributed by atoms with van der Waals surface area (Å²) in [6, 6.07) is 0.632. The Hall–Kier alpha value is -0.610. The van der Waals surface area contributed by atoms with E-state index in [1.807, 2.05) is 0 Å². The molecule has 0 spiro atoms. The van der Waals surface area contributed by atoms with E-state index in [9.17, 15) is 4.79 Å². The normalized spacial score (nSPS) is 25.6. The molecule has 1 amide bonds. The molecule has 0 radical (unpaired) electrons. The Kier molecular flexibility index (Phi) is 3.89. The minimum atomic E-state index is 0.0827. The maximum atomic E-state index is 11.4. The minimum Gasteiger partial charge on any atom is -0.355 e. The largest absolute Gasteiger partial charge is 0.355 e. The van der Waals surface area contributed by atoms with Gasteiger partial charge in [0.05, 0.1) is 5.92 Å². The number of amides is 1. The monoisotopic (exact) mass is 199 g/mol. The van der Waals surface area contributed by atoms with Gasteiger partial charge in [-0.05, 0) is 27.3 Å². The van der Waals surface area contributed by atoms with Crippen molar-refractivity contribution in [2.75, 3.05) is 20.1 Å². The number of carbonyl (C=O) groups is 1. The molecule has 4 nitrogen and oxygen atoms in total. The molecule has 0 aromatic carbocycles. The second-order valence-corrected chi connectivity index (χ2v) is 4.37. The van der Waals surface area contributed by atoms with Crippen molar-refractivity contribution >= 4 is 5.91 Å². The molecular formula is C10H21N3O. The van der Waals surface area contributed by atoms with Crippen LogP contribution >= 0.6 is 0 Å². The van der Waals surface area contributed by atoms with Gasteiger partial charge in [-0.1, -0.05) is 0 Å². The van der Waals surface area contributed by atoms with E-state index in [0.717, 1.165) is 19.5 Å². The Morgan fingerprint density at radius 2 is 2.21 bits per heavy atom. The Balaban J connectivity index is 2.06. The number of carbonyl (C=O) groups excluding carboxylic acids is 1. The molecule has 0 bridgehead atoms. The number of likely N-dealkylation sites (N-methyl/N-ethyl adjacent to an activating group) is 1. The fourth-order valence-electron chi connectivity index (χ4n) is 1.26. The fourth-order valence-corrected chi connectivity index (χ4v) is 1.26. The smallest absolute Gasteiger partial charge is 0.224 e. The van der Waals surface area contributed by atoms with Gasteiger partial charge in [0.25, 0.3) is 0 Å². The molecular weight excluding hydrogens is 178 g/mol. The molecule has 1 fully saturated rings. The van der Waals surface area contributed by atoms with Crippen molar-refractivity contribution in [2.24, 2.45) is 11.7 Å².